The van der Waals surface area contributed by atoms with E-state index in [1.54, 1.807) is 12.1 Å². The summed E-state index contributed by atoms with van der Waals surface area (Å²) in [6.45, 7) is 1.83. The van der Waals surface area contributed by atoms with Gasteiger partial charge in [0.05, 0.1) is 6.33 Å². The van der Waals surface area contributed by atoms with Crippen LogP contribution < -0.4 is 11.1 Å². The Labute approximate surface area is 121 Å². The van der Waals surface area contributed by atoms with Crippen LogP contribution in [-0.2, 0) is 11.2 Å². The smallest absolute Gasteiger partial charge is 0.326 e. The van der Waals surface area contributed by atoms with Crippen LogP contribution in [-0.4, -0.2) is 33.0 Å². The van der Waals surface area contributed by atoms with Crippen LogP contribution in [0.5, 0.6) is 0 Å². The first-order valence-electron chi connectivity index (χ1n) is 6.34. The summed E-state index contributed by atoms with van der Waals surface area (Å²) in [5.41, 5.74) is 8.06. The number of benzene rings is 1. The number of carbonyl (C=O) groups is 2. The minimum Gasteiger partial charge on any atom is -0.480 e. The Morgan fingerprint density at radius 1 is 1.48 bits per heavy atom. The van der Waals surface area contributed by atoms with Gasteiger partial charge in [-0.25, -0.2) is 9.78 Å². The number of aromatic nitrogens is 2. The van der Waals surface area contributed by atoms with Crippen molar-refractivity contribution in [1.82, 2.24) is 15.3 Å². The second-order valence-electron chi connectivity index (χ2n) is 4.72. The van der Waals surface area contributed by atoms with Crippen molar-refractivity contribution in [3.05, 3.63) is 47.5 Å². The third-order valence-electron chi connectivity index (χ3n) is 3.12. The van der Waals surface area contributed by atoms with Crippen LogP contribution in [0.1, 0.15) is 21.6 Å². The van der Waals surface area contributed by atoms with E-state index in [0.717, 1.165) is 5.56 Å². The molecular weight excluding hydrogens is 272 g/mol. The molecular formula is C14H16N4O3. The van der Waals surface area contributed by atoms with Crippen molar-refractivity contribution >= 4 is 17.6 Å². The number of aromatic amines is 1. The highest BCUT2D eigenvalue weighted by Crippen LogP contribution is 2.13. The average molecular weight is 288 g/mol. The molecule has 7 nitrogen and oxygen atoms in total. The standard InChI is InChI=1S/C14H16N4O3/c1-8-2-3-9(4-11(8)15)13(19)18-12(14(20)21)5-10-6-16-7-17-10/h2-4,6-7,12H,5,15H2,1H3,(H,16,17)(H,18,19)(H,20,21)/t12-/m1/s1. The monoisotopic (exact) mass is 288 g/mol. The predicted octanol–water partition coefficient (Wildman–Crippen LogP) is 0.726. The number of hydrogen-bond donors (Lipinski definition) is 4. The average Bonchev–Trinajstić information content (AvgIpc) is 2.93. The number of nitrogens with zero attached hydrogens (tertiary/aromatic N) is 1. The molecule has 1 amide bonds. The maximum atomic E-state index is 12.1. The molecule has 0 aliphatic heterocycles. The number of carboxylic acids is 1. The molecule has 0 saturated carbocycles. The Kier molecular flexibility index (Phi) is 4.22. The minimum absolute atomic E-state index is 0.127. The fraction of sp³-hybridized carbons (Fsp3) is 0.214. The third-order valence-corrected chi connectivity index (χ3v) is 3.12. The molecule has 0 bridgehead atoms. The SMILES string of the molecule is Cc1ccc(C(=O)N[C@H](Cc2cnc[nH]2)C(=O)O)cc1N. The molecule has 5 N–H and O–H groups in total. The number of anilines is 1. The molecule has 110 valence electrons. The number of aryl methyl sites for hydroxylation is 1. The van der Waals surface area contributed by atoms with E-state index in [1.807, 2.05) is 6.92 Å². The van der Waals surface area contributed by atoms with E-state index in [1.165, 1.54) is 18.6 Å². The summed E-state index contributed by atoms with van der Waals surface area (Å²) in [7, 11) is 0. The molecule has 2 aromatic rings. The van der Waals surface area contributed by atoms with Gasteiger partial charge >= 0.3 is 5.97 Å². The van der Waals surface area contributed by atoms with Gasteiger partial charge in [-0.2, -0.15) is 0 Å². The van der Waals surface area contributed by atoms with Gasteiger partial charge in [0.2, 0.25) is 0 Å². The van der Waals surface area contributed by atoms with Gasteiger partial charge in [0.1, 0.15) is 6.04 Å². The molecule has 0 aliphatic carbocycles. The van der Waals surface area contributed by atoms with Crippen LogP contribution in [0.4, 0.5) is 5.69 Å². The molecule has 0 spiro atoms. The van der Waals surface area contributed by atoms with Gasteiger partial charge < -0.3 is 21.1 Å². The Balaban J connectivity index is 2.10. The molecule has 1 aromatic heterocycles. The summed E-state index contributed by atoms with van der Waals surface area (Å²) in [5.74, 6) is -1.59. The van der Waals surface area contributed by atoms with E-state index in [9.17, 15) is 14.7 Å². The van der Waals surface area contributed by atoms with Crippen LogP contribution in [0, 0.1) is 6.92 Å². The highest BCUT2D eigenvalue weighted by molar-refractivity contribution is 5.97. The topological polar surface area (TPSA) is 121 Å². The molecule has 1 heterocycles. The highest BCUT2D eigenvalue weighted by atomic mass is 16.4. The summed E-state index contributed by atoms with van der Waals surface area (Å²) >= 11 is 0. The van der Waals surface area contributed by atoms with Crippen molar-refractivity contribution in [3.8, 4) is 0 Å². The lowest BCUT2D eigenvalue weighted by molar-refractivity contribution is -0.139. The van der Waals surface area contributed by atoms with Crippen LogP contribution >= 0.6 is 0 Å². The van der Waals surface area contributed by atoms with Gasteiger partial charge in [-0.05, 0) is 24.6 Å². The zero-order valence-electron chi connectivity index (χ0n) is 11.5. The Hall–Kier alpha value is -2.83. The number of carbonyl (C=O) groups excluding carboxylic acids is 1. The number of nitrogens with one attached hydrogen (secondary N) is 2. The first kappa shape index (κ1) is 14.6. The van der Waals surface area contributed by atoms with Crippen molar-refractivity contribution in [2.24, 2.45) is 0 Å². The lowest BCUT2D eigenvalue weighted by Crippen LogP contribution is -2.42. The van der Waals surface area contributed by atoms with Crippen LogP contribution in [0.2, 0.25) is 0 Å². The summed E-state index contributed by atoms with van der Waals surface area (Å²) in [6, 6.07) is 3.81. The number of amides is 1. The van der Waals surface area contributed by atoms with Crippen molar-refractivity contribution < 1.29 is 14.7 Å². The second-order valence-corrected chi connectivity index (χ2v) is 4.72. The lowest BCUT2D eigenvalue weighted by atomic mass is 10.1. The van der Waals surface area contributed by atoms with E-state index in [-0.39, 0.29) is 6.42 Å². The van der Waals surface area contributed by atoms with Crippen molar-refractivity contribution in [2.75, 3.05) is 5.73 Å². The zero-order chi connectivity index (χ0) is 15.4. The highest BCUT2D eigenvalue weighted by Gasteiger charge is 2.21. The molecule has 0 radical (unpaired) electrons. The van der Waals surface area contributed by atoms with E-state index in [4.69, 9.17) is 5.73 Å². The molecule has 2 rings (SSSR count). The van der Waals surface area contributed by atoms with Gasteiger partial charge in [-0.15, -0.1) is 0 Å². The Morgan fingerprint density at radius 3 is 2.81 bits per heavy atom. The van der Waals surface area contributed by atoms with Crippen LogP contribution in [0.3, 0.4) is 0 Å². The first-order chi connectivity index (χ1) is 9.97. The summed E-state index contributed by atoms with van der Waals surface area (Å²) < 4.78 is 0. The van der Waals surface area contributed by atoms with Gasteiger partial charge in [-0.3, -0.25) is 4.79 Å². The number of carboxylic acid groups (broad SMARTS) is 1. The van der Waals surface area contributed by atoms with Gasteiger partial charge in [-0.1, -0.05) is 6.07 Å². The molecule has 0 saturated heterocycles. The summed E-state index contributed by atoms with van der Waals surface area (Å²) in [4.78, 5) is 30.0. The fourth-order valence-electron chi connectivity index (χ4n) is 1.84. The van der Waals surface area contributed by atoms with E-state index < -0.39 is 17.9 Å². The van der Waals surface area contributed by atoms with Gasteiger partial charge in [0.15, 0.2) is 0 Å². The van der Waals surface area contributed by atoms with Crippen molar-refractivity contribution in [2.45, 2.75) is 19.4 Å². The quantitative estimate of drug-likeness (QED) is 0.604. The van der Waals surface area contributed by atoms with Gasteiger partial charge in [0, 0.05) is 29.6 Å². The number of nitrogens with two attached hydrogens (primary N) is 1. The fourth-order valence-corrected chi connectivity index (χ4v) is 1.84. The third kappa shape index (κ3) is 3.59. The normalized spacial score (nSPS) is 11.9. The zero-order valence-corrected chi connectivity index (χ0v) is 11.5. The number of imidazole rings is 1. The Bertz CT molecular complexity index is 652. The Morgan fingerprint density at radius 2 is 2.24 bits per heavy atom. The minimum atomic E-state index is -1.11. The second kappa shape index (κ2) is 6.08. The molecule has 0 fully saturated rings. The van der Waals surface area contributed by atoms with Crippen LogP contribution in [0.25, 0.3) is 0 Å². The van der Waals surface area contributed by atoms with E-state index in [0.29, 0.717) is 16.9 Å². The molecule has 21 heavy (non-hydrogen) atoms. The molecule has 0 aliphatic rings. The predicted molar refractivity (Wildman–Crippen MR) is 76.8 cm³/mol. The summed E-state index contributed by atoms with van der Waals surface area (Å²) in [6.07, 6.45) is 3.10. The van der Waals surface area contributed by atoms with Crippen LogP contribution in [0.15, 0.2) is 30.7 Å². The summed E-state index contributed by atoms with van der Waals surface area (Å²) in [5, 5.41) is 11.7. The molecule has 1 aromatic carbocycles. The van der Waals surface area contributed by atoms with Crippen molar-refractivity contribution in [3.63, 3.8) is 0 Å². The largest absolute Gasteiger partial charge is 0.480 e. The van der Waals surface area contributed by atoms with Gasteiger partial charge in [0.25, 0.3) is 5.91 Å². The van der Waals surface area contributed by atoms with E-state index in [2.05, 4.69) is 15.3 Å². The number of rotatable bonds is 5. The van der Waals surface area contributed by atoms with E-state index >= 15 is 0 Å². The van der Waals surface area contributed by atoms with Crippen molar-refractivity contribution in [1.29, 1.82) is 0 Å². The number of nitrogen functional groups attached to an aromatic ring is 1. The maximum Gasteiger partial charge on any atom is 0.326 e. The first-order valence-corrected chi connectivity index (χ1v) is 6.34. The molecule has 1 atom stereocenters. The number of hydrogen-bond acceptors (Lipinski definition) is 4. The maximum absolute atomic E-state index is 12.1. The molecule has 7 heteroatoms. The number of H-pyrrole nitrogens is 1. The number of aliphatic carboxylic acids is 1. The lowest BCUT2D eigenvalue weighted by Gasteiger charge is -2.14. The molecule has 0 unspecified atom stereocenters.